The first-order chi connectivity index (χ1) is 17.4. The quantitative estimate of drug-likeness (QED) is 0.383. The third-order valence-corrected chi connectivity index (χ3v) is 7.51. The fraction of sp³-hybridized carbons (Fsp3) is 0.552. The monoisotopic (exact) mass is 526 g/mol. The van der Waals surface area contributed by atoms with E-state index in [2.05, 4.69) is 0 Å². The average Bonchev–Trinajstić information content (AvgIpc) is 2.88. The molecular formula is C29H35F5O3. The van der Waals surface area contributed by atoms with Crippen molar-refractivity contribution in [3.8, 4) is 0 Å². The van der Waals surface area contributed by atoms with Crippen LogP contribution in [0.15, 0.2) is 36.4 Å². The van der Waals surface area contributed by atoms with Crippen molar-refractivity contribution in [2.24, 2.45) is 0 Å². The molecule has 0 bridgehead atoms. The Morgan fingerprint density at radius 3 is 1.65 bits per heavy atom. The van der Waals surface area contributed by atoms with Crippen LogP contribution in [0.25, 0.3) is 0 Å². The topological polar surface area (TPSA) is 57.5 Å². The SMILES string of the molecule is CC(F)(F)c1cc(C2CCCCC2)ccc1CO.O=C(O)c1ccc(C2CCCCC2)cc1C(F)(F)F. The van der Waals surface area contributed by atoms with Crippen molar-refractivity contribution < 1.29 is 37.0 Å². The normalized spacial score (nSPS) is 17.7. The second-order valence-corrected chi connectivity index (χ2v) is 10.2. The van der Waals surface area contributed by atoms with Crippen LogP contribution in [0.4, 0.5) is 22.0 Å². The standard InChI is InChI=1S/C15H20F2O.C14H15F3O2/c1-15(16,17)14-9-12(7-8-13(14)10-18)11-5-3-2-4-6-11;15-14(16,17)12-8-10(6-7-11(12)13(18)19)9-4-2-1-3-5-9/h7-9,11,18H,2-6,10H2,1H3;6-9H,1-5H2,(H,18,19). The van der Waals surface area contributed by atoms with Gasteiger partial charge in [-0.3, -0.25) is 0 Å². The van der Waals surface area contributed by atoms with E-state index in [-0.39, 0.29) is 18.1 Å². The van der Waals surface area contributed by atoms with E-state index in [0.29, 0.717) is 17.0 Å². The first-order valence-electron chi connectivity index (χ1n) is 13.0. The van der Waals surface area contributed by atoms with Gasteiger partial charge in [0, 0.05) is 12.5 Å². The third kappa shape index (κ3) is 7.76. The molecule has 0 saturated heterocycles. The molecule has 204 valence electrons. The summed E-state index contributed by atoms with van der Waals surface area (Å²) in [5, 5.41) is 18.0. The van der Waals surface area contributed by atoms with Crippen LogP contribution in [0.2, 0.25) is 0 Å². The number of aliphatic hydroxyl groups is 1. The van der Waals surface area contributed by atoms with Gasteiger partial charge in [0.25, 0.3) is 5.92 Å². The smallest absolute Gasteiger partial charge is 0.417 e. The number of carboxylic acid groups (broad SMARTS) is 1. The zero-order valence-corrected chi connectivity index (χ0v) is 21.1. The van der Waals surface area contributed by atoms with Crippen LogP contribution >= 0.6 is 0 Å². The molecule has 0 spiro atoms. The molecular weight excluding hydrogens is 491 g/mol. The Bertz CT molecular complexity index is 1050. The van der Waals surface area contributed by atoms with Crippen LogP contribution in [0.1, 0.15) is 121 Å². The molecule has 37 heavy (non-hydrogen) atoms. The summed E-state index contributed by atoms with van der Waals surface area (Å²) in [7, 11) is 0. The summed E-state index contributed by atoms with van der Waals surface area (Å²) in [6.45, 7) is 0.565. The Morgan fingerprint density at radius 2 is 1.24 bits per heavy atom. The van der Waals surface area contributed by atoms with Crippen LogP contribution in [0, 0.1) is 0 Å². The summed E-state index contributed by atoms with van der Waals surface area (Å²) >= 11 is 0. The van der Waals surface area contributed by atoms with Crippen molar-refractivity contribution in [1.82, 2.24) is 0 Å². The van der Waals surface area contributed by atoms with E-state index < -0.39 is 29.2 Å². The van der Waals surface area contributed by atoms with Crippen LogP contribution in [-0.4, -0.2) is 16.2 Å². The number of alkyl halides is 5. The van der Waals surface area contributed by atoms with E-state index in [9.17, 15) is 26.7 Å². The molecule has 0 amide bonds. The Kier molecular flexibility index (Phi) is 9.73. The molecule has 2 fully saturated rings. The summed E-state index contributed by atoms with van der Waals surface area (Å²) in [5.74, 6) is -3.89. The lowest BCUT2D eigenvalue weighted by Gasteiger charge is -2.24. The number of aromatic carboxylic acids is 1. The predicted octanol–water partition coefficient (Wildman–Crippen LogP) is 8.79. The van der Waals surface area contributed by atoms with Gasteiger partial charge >= 0.3 is 12.1 Å². The second kappa shape index (κ2) is 12.4. The summed E-state index contributed by atoms with van der Waals surface area (Å²) in [6, 6.07) is 8.76. The van der Waals surface area contributed by atoms with Crippen molar-refractivity contribution >= 4 is 5.97 Å². The van der Waals surface area contributed by atoms with Crippen molar-refractivity contribution in [3.05, 3.63) is 69.8 Å². The molecule has 2 aromatic rings. The highest BCUT2D eigenvalue weighted by molar-refractivity contribution is 5.89. The van der Waals surface area contributed by atoms with Crippen LogP contribution in [-0.2, 0) is 18.7 Å². The molecule has 8 heteroatoms. The van der Waals surface area contributed by atoms with Gasteiger partial charge in [0.05, 0.1) is 17.7 Å². The van der Waals surface area contributed by atoms with E-state index in [4.69, 9.17) is 10.2 Å². The average molecular weight is 527 g/mol. The zero-order valence-electron chi connectivity index (χ0n) is 21.1. The van der Waals surface area contributed by atoms with Gasteiger partial charge in [-0.25, -0.2) is 13.6 Å². The van der Waals surface area contributed by atoms with Gasteiger partial charge in [0.2, 0.25) is 0 Å². The Hall–Kier alpha value is -2.48. The van der Waals surface area contributed by atoms with Gasteiger partial charge in [0.1, 0.15) is 0 Å². The van der Waals surface area contributed by atoms with E-state index in [0.717, 1.165) is 69.6 Å². The first-order valence-corrected chi connectivity index (χ1v) is 13.0. The number of benzene rings is 2. The largest absolute Gasteiger partial charge is 0.478 e. The summed E-state index contributed by atoms with van der Waals surface area (Å²) in [6.07, 6.45) is 6.10. The van der Waals surface area contributed by atoms with Gasteiger partial charge in [-0.1, -0.05) is 56.7 Å². The van der Waals surface area contributed by atoms with Gasteiger partial charge in [-0.05, 0) is 72.4 Å². The third-order valence-electron chi connectivity index (χ3n) is 7.51. The molecule has 0 unspecified atom stereocenters. The minimum Gasteiger partial charge on any atom is -0.478 e. The molecule has 2 saturated carbocycles. The maximum Gasteiger partial charge on any atom is 0.417 e. The number of carboxylic acids is 1. The summed E-state index contributed by atoms with van der Waals surface area (Å²) < 4.78 is 65.8. The highest BCUT2D eigenvalue weighted by atomic mass is 19.4. The Labute approximate surface area is 214 Å². The fourth-order valence-corrected chi connectivity index (χ4v) is 5.50. The fourth-order valence-electron chi connectivity index (χ4n) is 5.50. The lowest BCUT2D eigenvalue weighted by molar-refractivity contribution is -0.138. The highest BCUT2D eigenvalue weighted by Gasteiger charge is 2.36. The van der Waals surface area contributed by atoms with Crippen LogP contribution in [0.5, 0.6) is 0 Å². The molecule has 4 rings (SSSR count). The molecule has 0 heterocycles. The molecule has 2 aliphatic carbocycles. The molecule has 2 aromatic carbocycles. The van der Waals surface area contributed by atoms with Gasteiger partial charge in [-0.15, -0.1) is 0 Å². The first kappa shape index (κ1) is 29.1. The van der Waals surface area contributed by atoms with Crippen LogP contribution in [0.3, 0.4) is 0 Å². The van der Waals surface area contributed by atoms with E-state index in [1.54, 1.807) is 12.1 Å². The molecule has 0 aliphatic heterocycles. The Balaban J connectivity index is 0.000000206. The molecule has 3 nitrogen and oxygen atoms in total. The summed E-state index contributed by atoms with van der Waals surface area (Å²) in [5.41, 5.74) is 0.214. The van der Waals surface area contributed by atoms with E-state index in [1.807, 2.05) is 6.07 Å². The predicted molar refractivity (Wildman–Crippen MR) is 132 cm³/mol. The molecule has 0 aromatic heterocycles. The Morgan fingerprint density at radius 1 is 0.784 bits per heavy atom. The van der Waals surface area contributed by atoms with E-state index in [1.165, 1.54) is 25.3 Å². The molecule has 0 radical (unpaired) electrons. The second-order valence-electron chi connectivity index (χ2n) is 10.2. The minimum absolute atomic E-state index is 0.0203. The van der Waals surface area contributed by atoms with Gasteiger partial charge < -0.3 is 10.2 Å². The van der Waals surface area contributed by atoms with Crippen molar-refractivity contribution in [1.29, 1.82) is 0 Å². The highest BCUT2D eigenvalue weighted by Crippen LogP contribution is 2.39. The number of rotatable bonds is 5. The maximum absolute atomic E-state index is 13.5. The number of aliphatic hydroxyl groups excluding tert-OH is 1. The van der Waals surface area contributed by atoms with Crippen molar-refractivity contribution in [2.45, 2.75) is 102 Å². The minimum atomic E-state index is -4.63. The van der Waals surface area contributed by atoms with E-state index >= 15 is 0 Å². The molecule has 2 N–H and O–H groups in total. The number of carbonyl (C=O) groups is 1. The molecule has 0 atom stereocenters. The number of hydrogen-bond donors (Lipinski definition) is 2. The molecule has 2 aliphatic rings. The lowest BCUT2D eigenvalue weighted by Crippen LogP contribution is -2.14. The van der Waals surface area contributed by atoms with Gasteiger partial charge in [-0.2, -0.15) is 13.2 Å². The lowest BCUT2D eigenvalue weighted by atomic mass is 9.82. The summed E-state index contributed by atoms with van der Waals surface area (Å²) in [4.78, 5) is 10.9. The van der Waals surface area contributed by atoms with Crippen molar-refractivity contribution in [3.63, 3.8) is 0 Å². The number of halogens is 5. The van der Waals surface area contributed by atoms with Crippen LogP contribution < -0.4 is 0 Å². The maximum atomic E-state index is 13.5. The van der Waals surface area contributed by atoms with Gasteiger partial charge in [0.15, 0.2) is 0 Å². The zero-order chi connectivity index (χ0) is 27.2. The van der Waals surface area contributed by atoms with Crippen molar-refractivity contribution in [2.75, 3.05) is 0 Å². The number of hydrogen-bond acceptors (Lipinski definition) is 2.